The number of rotatable bonds is 2. The fraction of sp³-hybridized carbons (Fsp3) is 0.500. The molecule has 0 amide bonds. The molecule has 0 aromatic heterocycles. The summed E-state index contributed by atoms with van der Waals surface area (Å²) in [5.41, 5.74) is 7.73. The van der Waals surface area contributed by atoms with Crippen molar-refractivity contribution >= 4 is 11.5 Å². The summed E-state index contributed by atoms with van der Waals surface area (Å²) in [7, 11) is 0. The Kier molecular flexibility index (Phi) is 3.06. The first kappa shape index (κ1) is 11.7. The van der Waals surface area contributed by atoms with E-state index in [0.717, 1.165) is 12.2 Å². The third kappa shape index (κ3) is 2.26. The smallest absolute Gasteiger partial charge is 0.136 e. The van der Waals surface area contributed by atoms with Crippen LogP contribution in [-0.2, 0) is 16.1 Å². The predicted molar refractivity (Wildman–Crippen MR) is 69.0 cm³/mol. The zero-order valence-electron chi connectivity index (χ0n) is 10.3. The molecule has 96 valence electrons. The average molecular weight is 246 g/mol. The number of Topliss-reactive ketones (excluding diaryl/α,β-unsaturated/α-hetero) is 1. The molecule has 3 rings (SSSR count). The number of fused-ring (bicyclic) bond motifs is 2. The molecule has 0 radical (unpaired) electrons. The zero-order chi connectivity index (χ0) is 12.5. The number of piperidine rings is 1. The van der Waals surface area contributed by atoms with E-state index in [-0.39, 0.29) is 12.1 Å². The van der Waals surface area contributed by atoms with Crippen molar-refractivity contribution in [2.24, 2.45) is 0 Å². The van der Waals surface area contributed by atoms with Crippen LogP contribution >= 0.6 is 0 Å². The van der Waals surface area contributed by atoms with E-state index in [2.05, 4.69) is 17.0 Å². The van der Waals surface area contributed by atoms with Crippen molar-refractivity contribution in [3.8, 4) is 0 Å². The van der Waals surface area contributed by atoms with Crippen LogP contribution in [0.2, 0.25) is 0 Å². The van der Waals surface area contributed by atoms with Crippen LogP contribution < -0.4 is 5.73 Å². The van der Waals surface area contributed by atoms with Crippen molar-refractivity contribution in [1.82, 2.24) is 4.90 Å². The first-order chi connectivity index (χ1) is 8.72. The minimum atomic E-state index is 0.252. The van der Waals surface area contributed by atoms with Crippen LogP contribution in [0.25, 0.3) is 0 Å². The number of benzene rings is 1. The fourth-order valence-corrected chi connectivity index (χ4v) is 2.88. The second-order valence-corrected chi connectivity index (χ2v) is 5.21. The van der Waals surface area contributed by atoms with Crippen molar-refractivity contribution in [1.29, 1.82) is 0 Å². The Morgan fingerprint density at radius 3 is 2.39 bits per heavy atom. The topological polar surface area (TPSA) is 55.6 Å². The van der Waals surface area contributed by atoms with Gasteiger partial charge < -0.3 is 10.5 Å². The summed E-state index contributed by atoms with van der Waals surface area (Å²) in [6.45, 7) is 2.24. The average Bonchev–Trinajstić information content (AvgIpc) is 2.33. The standard InChI is InChI=1S/C14H18N2O2/c15-11-3-1-10(2-4-11)7-16-12-5-14(17)6-13(16)9-18-8-12/h1-4,12-13H,5-9,15H2. The van der Waals surface area contributed by atoms with Gasteiger partial charge in [0, 0.05) is 37.2 Å². The van der Waals surface area contributed by atoms with Gasteiger partial charge in [0.25, 0.3) is 0 Å². The lowest BCUT2D eigenvalue weighted by molar-refractivity contribution is -0.136. The third-order valence-electron chi connectivity index (χ3n) is 3.83. The number of ketones is 1. The highest BCUT2D eigenvalue weighted by molar-refractivity contribution is 5.80. The summed E-state index contributed by atoms with van der Waals surface area (Å²) in [5, 5.41) is 0. The van der Waals surface area contributed by atoms with Crippen LogP contribution in [0.15, 0.2) is 24.3 Å². The highest BCUT2D eigenvalue weighted by Gasteiger charge is 2.37. The van der Waals surface area contributed by atoms with Crippen molar-refractivity contribution in [2.45, 2.75) is 31.5 Å². The molecule has 4 heteroatoms. The number of nitrogens with two attached hydrogens (primary N) is 1. The molecule has 2 saturated heterocycles. The van der Waals surface area contributed by atoms with Gasteiger partial charge in [-0.2, -0.15) is 0 Å². The van der Waals surface area contributed by atoms with Gasteiger partial charge in [0.15, 0.2) is 0 Å². The first-order valence-corrected chi connectivity index (χ1v) is 6.42. The molecule has 2 bridgehead atoms. The molecule has 2 N–H and O–H groups in total. The maximum atomic E-state index is 11.6. The van der Waals surface area contributed by atoms with Gasteiger partial charge in [-0.1, -0.05) is 12.1 Å². The van der Waals surface area contributed by atoms with Gasteiger partial charge in [-0.15, -0.1) is 0 Å². The molecular weight excluding hydrogens is 228 g/mol. The van der Waals surface area contributed by atoms with Crippen molar-refractivity contribution < 1.29 is 9.53 Å². The van der Waals surface area contributed by atoms with Gasteiger partial charge >= 0.3 is 0 Å². The van der Waals surface area contributed by atoms with E-state index >= 15 is 0 Å². The van der Waals surface area contributed by atoms with E-state index in [1.54, 1.807) is 0 Å². The summed E-state index contributed by atoms with van der Waals surface area (Å²) >= 11 is 0. The molecule has 18 heavy (non-hydrogen) atoms. The maximum Gasteiger partial charge on any atom is 0.136 e. The molecule has 0 aliphatic carbocycles. The number of nitrogen functional groups attached to an aromatic ring is 1. The van der Waals surface area contributed by atoms with Crippen LogP contribution in [-0.4, -0.2) is 36.0 Å². The normalized spacial score (nSPS) is 28.3. The molecule has 2 aliphatic heterocycles. The Morgan fingerprint density at radius 2 is 1.78 bits per heavy atom. The molecule has 2 heterocycles. The van der Waals surface area contributed by atoms with Crippen LogP contribution in [0, 0.1) is 0 Å². The minimum Gasteiger partial charge on any atom is -0.399 e. The lowest BCUT2D eigenvalue weighted by atomic mass is 9.92. The van der Waals surface area contributed by atoms with Crippen LogP contribution in [0.3, 0.4) is 0 Å². The van der Waals surface area contributed by atoms with Crippen molar-refractivity contribution in [3.05, 3.63) is 29.8 Å². The Morgan fingerprint density at radius 1 is 1.17 bits per heavy atom. The van der Waals surface area contributed by atoms with Crippen LogP contribution in [0.5, 0.6) is 0 Å². The highest BCUT2D eigenvalue weighted by Crippen LogP contribution is 2.27. The highest BCUT2D eigenvalue weighted by atomic mass is 16.5. The summed E-state index contributed by atoms with van der Waals surface area (Å²) in [6.07, 6.45) is 1.26. The number of ether oxygens (including phenoxy) is 1. The van der Waals surface area contributed by atoms with Gasteiger partial charge in [-0.3, -0.25) is 9.69 Å². The first-order valence-electron chi connectivity index (χ1n) is 6.42. The third-order valence-corrected chi connectivity index (χ3v) is 3.83. The number of nitrogens with zero attached hydrogens (tertiary/aromatic N) is 1. The van der Waals surface area contributed by atoms with Gasteiger partial charge in [0.05, 0.1) is 13.2 Å². The second-order valence-electron chi connectivity index (χ2n) is 5.21. The summed E-state index contributed by atoms with van der Waals surface area (Å²) in [6, 6.07) is 8.48. The number of carbonyl (C=O) groups excluding carboxylic acids is 1. The van der Waals surface area contributed by atoms with Gasteiger partial charge in [0.1, 0.15) is 5.78 Å². The Bertz CT molecular complexity index is 428. The van der Waals surface area contributed by atoms with E-state index in [0.29, 0.717) is 31.8 Å². The predicted octanol–water partition coefficient (Wildman–Crippen LogP) is 1.20. The summed E-state index contributed by atoms with van der Waals surface area (Å²) < 4.78 is 5.56. The fourth-order valence-electron chi connectivity index (χ4n) is 2.88. The molecule has 0 spiro atoms. The quantitative estimate of drug-likeness (QED) is 0.797. The number of morpholine rings is 1. The monoisotopic (exact) mass is 246 g/mol. The lowest BCUT2D eigenvalue weighted by Gasteiger charge is -2.45. The molecule has 0 saturated carbocycles. The van der Waals surface area contributed by atoms with E-state index in [4.69, 9.17) is 10.5 Å². The van der Waals surface area contributed by atoms with Crippen molar-refractivity contribution in [2.75, 3.05) is 18.9 Å². The van der Waals surface area contributed by atoms with Crippen molar-refractivity contribution in [3.63, 3.8) is 0 Å². The molecule has 4 nitrogen and oxygen atoms in total. The number of hydrogen-bond acceptors (Lipinski definition) is 4. The molecule has 2 atom stereocenters. The molecule has 1 aromatic rings. The number of carbonyl (C=O) groups is 1. The van der Waals surface area contributed by atoms with E-state index in [1.165, 1.54) is 5.56 Å². The maximum absolute atomic E-state index is 11.6. The van der Waals surface area contributed by atoms with E-state index < -0.39 is 0 Å². The Labute approximate surface area is 107 Å². The molecule has 2 fully saturated rings. The number of anilines is 1. The van der Waals surface area contributed by atoms with Gasteiger partial charge in [-0.25, -0.2) is 0 Å². The van der Waals surface area contributed by atoms with Gasteiger partial charge in [0.2, 0.25) is 0 Å². The van der Waals surface area contributed by atoms with Crippen LogP contribution in [0.4, 0.5) is 5.69 Å². The van der Waals surface area contributed by atoms with E-state index in [1.807, 2.05) is 12.1 Å². The zero-order valence-corrected chi connectivity index (χ0v) is 10.3. The SMILES string of the molecule is Nc1ccc(CN2C3COCC2CC(=O)C3)cc1. The summed E-state index contributed by atoms with van der Waals surface area (Å²) in [5.74, 6) is 0.377. The number of hydrogen-bond donors (Lipinski definition) is 1. The minimum absolute atomic E-state index is 0.252. The van der Waals surface area contributed by atoms with Gasteiger partial charge in [-0.05, 0) is 17.7 Å². The van der Waals surface area contributed by atoms with Crippen LogP contribution in [0.1, 0.15) is 18.4 Å². The molecule has 1 aromatic carbocycles. The second kappa shape index (κ2) is 4.71. The summed E-state index contributed by atoms with van der Waals surface area (Å²) in [4.78, 5) is 14.0. The van der Waals surface area contributed by atoms with E-state index in [9.17, 15) is 4.79 Å². The Hall–Kier alpha value is -1.39. The lowest BCUT2D eigenvalue weighted by Crippen LogP contribution is -2.56. The molecule has 2 aliphatic rings. The molecular formula is C14H18N2O2. The Balaban J connectivity index is 1.75. The molecule has 2 unspecified atom stereocenters. The largest absolute Gasteiger partial charge is 0.399 e.